The van der Waals surface area contributed by atoms with Crippen molar-refractivity contribution in [3.05, 3.63) is 39.1 Å². The van der Waals surface area contributed by atoms with Crippen molar-refractivity contribution in [2.24, 2.45) is 4.99 Å². The van der Waals surface area contributed by atoms with Crippen molar-refractivity contribution in [3.63, 3.8) is 0 Å². The zero-order chi connectivity index (χ0) is 15.3. The number of hydrogen-bond donors (Lipinski definition) is 1. The lowest BCUT2D eigenvalue weighted by Gasteiger charge is -2.09. The first-order valence-corrected chi connectivity index (χ1v) is 6.35. The number of halogens is 3. The van der Waals surface area contributed by atoms with Crippen LogP contribution in [0.4, 0.5) is 4.39 Å². The van der Waals surface area contributed by atoms with Crippen LogP contribution in [0.15, 0.2) is 22.7 Å². The number of esters is 1. The standard InChI is InChI=1S/C13H12Cl2FNO3/c1-3-20-13(19)8(6-17-2)12(18)7-4-11(16)10(15)5-9(7)14/h4-6,18H,3H2,1-2H3/b12-8-,17-6?. The van der Waals surface area contributed by atoms with Gasteiger partial charge in [0.1, 0.15) is 17.1 Å². The highest BCUT2D eigenvalue weighted by Crippen LogP contribution is 2.29. The zero-order valence-electron chi connectivity index (χ0n) is 10.8. The molecular formula is C13H12Cl2FNO3. The van der Waals surface area contributed by atoms with Gasteiger partial charge in [0.25, 0.3) is 0 Å². The van der Waals surface area contributed by atoms with E-state index in [9.17, 15) is 14.3 Å². The third kappa shape index (κ3) is 3.71. The number of aliphatic hydroxyl groups is 1. The summed E-state index contributed by atoms with van der Waals surface area (Å²) >= 11 is 11.4. The smallest absolute Gasteiger partial charge is 0.343 e. The molecule has 0 radical (unpaired) electrons. The second-order valence-electron chi connectivity index (χ2n) is 3.62. The van der Waals surface area contributed by atoms with Gasteiger partial charge in [-0.2, -0.15) is 0 Å². The predicted octanol–water partition coefficient (Wildman–Crippen LogP) is 3.67. The Morgan fingerprint density at radius 2 is 2.10 bits per heavy atom. The van der Waals surface area contributed by atoms with E-state index in [1.54, 1.807) is 6.92 Å². The average Bonchev–Trinajstić information content (AvgIpc) is 2.39. The number of benzene rings is 1. The Balaban J connectivity index is 3.42. The van der Waals surface area contributed by atoms with E-state index in [2.05, 4.69) is 4.99 Å². The minimum atomic E-state index is -0.790. The summed E-state index contributed by atoms with van der Waals surface area (Å²) in [5.41, 5.74) is -0.297. The van der Waals surface area contributed by atoms with E-state index in [1.807, 2.05) is 0 Å². The molecule has 1 N–H and O–H groups in total. The minimum Gasteiger partial charge on any atom is -0.506 e. The number of rotatable bonds is 4. The molecule has 0 spiro atoms. The Morgan fingerprint density at radius 3 is 2.65 bits per heavy atom. The summed E-state index contributed by atoms with van der Waals surface area (Å²) in [6.45, 7) is 1.74. The summed E-state index contributed by atoms with van der Waals surface area (Å²) < 4.78 is 18.2. The van der Waals surface area contributed by atoms with Gasteiger partial charge in [-0.25, -0.2) is 9.18 Å². The maximum Gasteiger partial charge on any atom is 0.343 e. The number of aliphatic hydroxyl groups excluding tert-OH is 1. The monoisotopic (exact) mass is 319 g/mol. The molecule has 7 heteroatoms. The van der Waals surface area contributed by atoms with Gasteiger partial charge in [0.2, 0.25) is 0 Å². The van der Waals surface area contributed by atoms with Crippen LogP contribution in [0.5, 0.6) is 0 Å². The van der Waals surface area contributed by atoms with E-state index in [0.29, 0.717) is 0 Å². The van der Waals surface area contributed by atoms with Gasteiger partial charge in [-0.3, -0.25) is 4.99 Å². The van der Waals surface area contributed by atoms with Gasteiger partial charge in [0.15, 0.2) is 0 Å². The summed E-state index contributed by atoms with van der Waals surface area (Å²) in [5.74, 6) is -2.09. The SMILES string of the molecule is CCOC(=O)/C(C=NC)=C(\O)c1cc(F)c(Cl)cc1Cl. The number of aliphatic imine (C=N–C) groups is 1. The summed E-state index contributed by atoms with van der Waals surface area (Å²) in [4.78, 5) is 15.4. The van der Waals surface area contributed by atoms with Crippen molar-refractivity contribution in [2.45, 2.75) is 6.92 Å². The van der Waals surface area contributed by atoms with E-state index >= 15 is 0 Å². The van der Waals surface area contributed by atoms with Crippen molar-refractivity contribution < 1.29 is 19.0 Å². The third-order valence-electron chi connectivity index (χ3n) is 2.27. The van der Waals surface area contributed by atoms with Crippen LogP contribution >= 0.6 is 23.2 Å². The number of carbonyl (C=O) groups is 1. The summed E-state index contributed by atoms with van der Waals surface area (Å²) in [6, 6.07) is 2.07. The molecule has 0 aromatic heterocycles. The molecule has 0 saturated heterocycles. The van der Waals surface area contributed by atoms with Crippen molar-refractivity contribution in [1.82, 2.24) is 0 Å². The molecule has 0 saturated carbocycles. The molecule has 0 bridgehead atoms. The van der Waals surface area contributed by atoms with Crippen LogP contribution < -0.4 is 0 Å². The van der Waals surface area contributed by atoms with Crippen LogP contribution in [0.2, 0.25) is 10.0 Å². The second-order valence-corrected chi connectivity index (χ2v) is 4.43. The van der Waals surface area contributed by atoms with Crippen LogP contribution in [0.3, 0.4) is 0 Å². The molecule has 1 rings (SSSR count). The molecule has 1 aromatic carbocycles. The first-order chi connectivity index (χ1) is 9.42. The van der Waals surface area contributed by atoms with Gasteiger partial charge in [-0.1, -0.05) is 23.2 Å². The predicted molar refractivity (Wildman–Crippen MR) is 77.0 cm³/mol. The van der Waals surface area contributed by atoms with Gasteiger partial charge in [0, 0.05) is 18.8 Å². The van der Waals surface area contributed by atoms with Crippen LogP contribution in [0, 0.1) is 5.82 Å². The Hall–Kier alpha value is -1.59. The lowest BCUT2D eigenvalue weighted by Crippen LogP contribution is -2.11. The number of carbonyl (C=O) groups excluding carboxylic acids is 1. The van der Waals surface area contributed by atoms with Gasteiger partial charge < -0.3 is 9.84 Å². The van der Waals surface area contributed by atoms with Crippen molar-refractivity contribution in [3.8, 4) is 0 Å². The van der Waals surface area contributed by atoms with E-state index in [0.717, 1.165) is 18.3 Å². The highest BCUT2D eigenvalue weighted by atomic mass is 35.5. The summed E-state index contributed by atoms with van der Waals surface area (Å²) in [7, 11) is 1.41. The number of nitrogens with zero attached hydrogens (tertiary/aromatic N) is 1. The Bertz CT molecular complexity index is 585. The molecule has 0 aliphatic carbocycles. The maximum atomic E-state index is 13.4. The largest absolute Gasteiger partial charge is 0.506 e. The highest BCUT2D eigenvalue weighted by Gasteiger charge is 2.19. The van der Waals surface area contributed by atoms with Gasteiger partial charge in [-0.05, 0) is 19.1 Å². The van der Waals surface area contributed by atoms with Crippen LogP contribution in [-0.2, 0) is 9.53 Å². The Morgan fingerprint density at radius 1 is 1.45 bits per heavy atom. The normalized spacial score (nSPS) is 12.4. The molecule has 20 heavy (non-hydrogen) atoms. The van der Waals surface area contributed by atoms with E-state index in [4.69, 9.17) is 27.9 Å². The Kier molecular flexibility index (Phi) is 5.98. The molecule has 0 unspecified atom stereocenters. The van der Waals surface area contributed by atoms with Crippen LogP contribution in [0.25, 0.3) is 5.76 Å². The quantitative estimate of drug-likeness (QED) is 0.303. The molecule has 0 fully saturated rings. The van der Waals surface area contributed by atoms with Crippen molar-refractivity contribution in [1.29, 1.82) is 0 Å². The highest BCUT2D eigenvalue weighted by molar-refractivity contribution is 6.36. The molecule has 0 atom stereocenters. The van der Waals surface area contributed by atoms with E-state index in [1.165, 1.54) is 7.05 Å². The topological polar surface area (TPSA) is 58.9 Å². The molecule has 0 aliphatic rings. The molecule has 108 valence electrons. The van der Waals surface area contributed by atoms with Gasteiger partial charge >= 0.3 is 5.97 Å². The first kappa shape index (κ1) is 16.5. The molecule has 0 amide bonds. The maximum absolute atomic E-state index is 13.4. The van der Waals surface area contributed by atoms with Crippen molar-refractivity contribution in [2.75, 3.05) is 13.7 Å². The van der Waals surface area contributed by atoms with E-state index in [-0.39, 0.29) is 27.8 Å². The average molecular weight is 320 g/mol. The lowest BCUT2D eigenvalue weighted by atomic mass is 10.1. The molecule has 0 aliphatic heterocycles. The minimum absolute atomic E-state index is 0.000187. The summed E-state index contributed by atoms with van der Waals surface area (Å²) in [5, 5.41) is 9.91. The fraction of sp³-hybridized carbons (Fsp3) is 0.231. The zero-order valence-corrected chi connectivity index (χ0v) is 12.3. The molecular weight excluding hydrogens is 308 g/mol. The van der Waals surface area contributed by atoms with E-state index < -0.39 is 17.5 Å². The van der Waals surface area contributed by atoms with Crippen LogP contribution in [0.1, 0.15) is 12.5 Å². The Labute approximate surface area is 125 Å². The third-order valence-corrected chi connectivity index (χ3v) is 2.88. The molecule has 4 nitrogen and oxygen atoms in total. The lowest BCUT2D eigenvalue weighted by molar-refractivity contribution is -0.137. The molecule has 1 aromatic rings. The number of hydrogen-bond acceptors (Lipinski definition) is 4. The molecule has 0 heterocycles. The fourth-order valence-corrected chi connectivity index (χ4v) is 1.87. The van der Waals surface area contributed by atoms with Gasteiger partial charge in [0.05, 0.1) is 16.7 Å². The van der Waals surface area contributed by atoms with Gasteiger partial charge in [-0.15, -0.1) is 0 Å². The second kappa shape index (κ2) is 7.26. The van der Waals surface area contributed by atoms with Crippen LogP contribution in [-0.4, -0.2) is 30.9 Å². The fourth-order valence-electron chi connectivity index (χ4n) is 1.40. The number of ether oxygens (including phenoxy) is 1. The van der Waals surface area contributed by atoms with Crippen molar-refractivity contribution >= 4 is 41.1 Å². The summed E-state index contributed by atoms with van der Waals surface area (Å²) in [6.07, 6.45) is 1.11. The first-order valence-electron chi connectivity index (χ1n) is 5.59.